The molecule has 0 amide bonds. The summed E-state index contributed by atoms with van der Waals surface area (Å²) in [5.41, 5.74) is 16.2. The highest BCUT2D eigenvalue weighted by atomic mass is 15.1. The highest BCUT2D eigenvalue weighted by Crippen LogP contribution is 2.27. The van der Waals surface area contributed by atoms with Gasteiger partial charge in [0.25, 0.3) is 0 Å². The van der Waals surface area contributed by atoms with E-state index in [1.807, 2.05) is 42.5 Å². The van der Waals surface area contributed by atoms with Gasteiger partial charge >= 0.3 is 0 Å². The summed E-state index contributed by atoms with van der Waals surface area (Å²) in [4.78, 5) is 4.73. The van der Waals surface area contributed by atoms with Crippen LogP contribution in [0, 0.1) is 0 Å². The van der Waals surface area contributed by atoms with Gasteiger partial charge in [-0.15, -0.1) is 0 Å². The first kappa shape index (κ1) is 12.5. The molecule has 4 N–H and O–H groups in total. The van der Waals surface area contributed by atoms with Gasteiger partial charge in [0.1, 0.15) is 5.82 Å². The van der Waals surface area contributed by atoms with Crippen molar-refractivity contribution in [2.24, 2.45) is 0 Å². The van der Waals surface area contributed by atoms with Crippen molar-refractivity contribution < 1.29 is 0 Å². The Morgan fingerprint density at radius 2 is 1.70 bits per heavy atom. The molecule has 0 unspecified atom stereocenters. The van der Waals surface area contributed by atoms with Gasteiger partial charge in [0, 0.05) is 23.5 Å². The standard InChI is InChI=1S/C16H18N4/c1-2-9-20-15-8-7-13(18)10-14(15)19-16(20)11-3-5-12(17)6-4-11/h3-8,10H,2,9,17-18H2,1H3. The number of aryl methyl sites for hydroxylation is 1. The number of rotatable bonds is 3. The lowest BCUT2D eigenvalue weighted by molar-refractivity contribution is 0.704. The number of imidazole rings is 1. The molecule has 102 valence electrons. The summed E-state index contributed by atoms with van der Waals surface area (Å²) in [5.74, 6) is 0.965. The van der Waals surface area contributed by atoms with E-state index in [4.69, 9.17) is 16.5 Å². The third-order valence-corrected chi connectivity index (χ3v) is 3.39. The lowest BCUT2D eigenvalue weighted by Crippen LogP contribution is -1.99. The van der Waals surface area contributed by atoms with Crippen LogP contribution < -0.4 is 11.5 Å². The maximum Gasteiger partial charge on any atom is 0.141 e. The molecule has 0 fully saturated rings. The minimum Gasteiger partial charge on any atom is -0.399 e. The van der Waals surface area contributed by atoms with Crippen LogP contribution in [0.5, 0.6) is 0 Å². The Balaban J connectivity index is 2.22. The molecule has 1 aromatic heterocycles. The molecule has 0 aliphatic heterocycles. The van der Waals surface area contributed by atoms with Crippen LogP contribution in [-0.2, 0) is 6.54 Å². The maximum absolute atomic E-state index is 5.85. The summed E-state index contributed by atoms with van der Waals surface area (Å²) in [6.45, 7) is 3.09. The topological polar surface area (TPSA) is 69.9 Å². The van der Waals surface area contributed by atoms with Gasteiger partial charge in [0.15, 0.2) is 0 Å². The van der Waals surface area contributed by atoms with Gasteiger partial charge in [-0.1, -0.05) is 6.92 Å². The molecule has 1 heterocycles. The number of nitrogen functional groups attached to an aromatic ring is 2. The molecule has 0 aliphatic rings. The van der Waals surface area contributed by atoms with E-state index in [1.54, 1.807) is 0 Å². The average Bonchev–Trinajstić information content (AvgIpc) is 2.78. The van der Waals surface area contributed by atoms with Gasteiger partial charge in [-0.3, -0.25) is 0 Å². The quantitative estimate of drug-likeness (QED) is 0.715. The number of aromatic nitrogens is 2. The molecule has 4 nitrogen and oxygen atoms in total. The van der Waals surface area contributed by atoms with Crippen molar-refractivity contribution in [3.8, 4) is 11.4 Å². The second-order valence-corrected chi connectivity index (χ2v) is 4.96. The zero-order chi connectivity index (χ0) is 14.1. The lowest BCUT2D eigenvalue weighted by atomic mass is 10.2. The van der Waals surface area contributed by atoms with Crippen molar-refractivity contribution in [1.82, 2.24) is 9.55 Å². The van der Waals surface area contributed by atoms with Crippen LogP contribution in [0.15, 0.2) is 42.5 Å². The van der Waals surface area contributed by atoms with Crippen LogP contribution in [0.3, 0.4) is 0 Å². The first-order chi connectivity index (χ1) is 9.69. The molecule has 0 bridgehead atoms. The highest BCUT2D eigenvalue weighted by molar-refractivity contribution is 5.83. The van der Waals surface area contributed by atoms with E-state index in [2.05, 4.69) is 11.5 Å². The fourth-order valence-corrected chi connectivity index (χ4v) is 2.45. The first-order valence-electron chi connectivity index (χ1n) is 6.80. The van der Waals surface area contributed by atoms with Crippen molar-refractivity contribution in [2.45, 2.75) is 19.9 Å². The van der Waals surface area contributed by atoms with Gasteiger partial charge < -0.3 is 16.0 Å². The smallest absolute Gasteiger partial charge is 0.141 e. The fourth-order valence-electron chi connectivity index (χ4n) is 2.45. The Kier molecular flexibility index (Phi) is 3.06. The Morgan fingerprint density at radius 1 is 1.00 bits per heavy atom. The van der Waals surface area contributed by atoms with E-state index in [-0.39, 0.29) is 0 Å². The largest absolute Gasteiger partial charge is 0.399 e. The summed E-state index contributed by atoms with van der Waals surface area (Å²) in [5, 5.41) is 0. The monoisotopic (exact) mass is 266 g/mol. The van der Waals surface area contributed by atoms with E-state index >= 15 is 0 Å². The molecule has 3 aromatic rings. The molecule has 0 radical (unpaired) electrons. The summed E-state index contributed by atoms with van der Waals surface area (Å²) in [7, 11) is 0. The predicted octanol–water partition coefficient (Wildman–Crippen LogP) is 3.28. The number of benzene rings is 2. The summed E-state index contributed by atoms with van der Waals surface area (Å²) < 4.78 is 2.24. The predicted molar refractivity (Wildman–Crippen MR) is 84.3 cm³/mol. The Labute approximate surface area is 118 Å². The number of hydrogen-bond donors (Lipinski definition) is 2. The molecule has 0 saturated carbocycles. The van der Waals surface area contributed by atoms with Crippen LogP contribution in [0.25, 0.3) is 22.4 Å². The van der Waals surface area contributed by atoms with Gasteiger partial charge in [-0.2, -0.15) is 0 Å². The molecule has 0 spiro atoms. The molecular weight excluding hydrogens is 248 g/mol. The Morgan fingerprint density at radius 3 is 2.40 bits per heavy atom. The van der Waals surface area contributed by atoms with Crippen molar-refractivity contribution in [2.75, 3.05) is 11.5 Å². The molecule has 0 aliphatic carbocycles. The van der Waals surface area contributed by atoms with Crippen LogP contribution in [-0.4, -0.2) is 9.55 Å². The van der Waals surface area contributed by atoms with E-state index in [1.165, 1.54) is 0 Å². The van der Waals surface area contributed by atoms with E-state index in [0.717, 1.165) is 46.8 Å². The van der Waals surface area contributed by atoms with Gasteiger partial charge in [0.05, 0.1) is 11.0 Å². The van der Waals surface area contributed by atoms with Gasteiger partial charge in [-0.25, -0.2) is 4.98 Å². The van der Waals surface area contributed by atoms with Crippen LogP contribution in [0.2, 0.25) is 0 Å². The average molecular weight is 266 g/mol. The normalized spacial score (nSPS) is 11.1. The molecule has 2 aromatic carbocycles. The van der Waals surface area contributed by atoms with Crippen molar-refractivity contribution in [3.05, 3.63) is 42.5 Å². The van der Waals surface area contributed by atoms with Crippen LogP contribution >= 0.6 is 0 Å². The number of nitrogens with zero attached hydrogens (tertiary/aromatic N) is 2. The van der Waals surface area contributed by atoms with Crippen molar-refractivity contribution >= 4 is 22.4 Å². The number of fused-ring (bicyclic) bond motifs is 1. The van der Waals surface area contributed by atoms with E-state index in [0.29, 0.717) is 0 Å². The molecule has 3 rings (SSSR count). The highest BCUT2D eigenvalue weighted by Gasteiger charge is 2.12. The zero-order valence-corrected chi connectivity index (χ0v) is 11.5. The maximum atomic E-state index is 5.85. The number of nitrogens with two attached hydrogens (primary N) is 2. The molecule has 4 heteroatoms. The molecular formula is C16H18N4. The molecule has 0 atom stereocenters. The number of anilines is 2. The molecule has 0 saturated heterocycles. The Hall–Kier alpha value is -2.49. The minimum absolute atomic E-state index is 0.738. The van der Waals surface area contributed by atoms with Gasteiger partial charge in [-0.05, 0) is 48.9 Å². The minimum atomic E-state index is 0.738. The van der Waals surface area contributed by atoms with Crippen molar-refractivity contribution in [3.63, 3.8) is 0 Å². The Bertz CT molecular complexity index is 741. The van der Waals surface area contributed by atoms with Crippen LogP contribution in [0.1, 0.15) is 13.3 Å². The third-order valence-electron chi connectivity index (χ3n) is 3.39. The second kappa shape index (κ2) is 4.89. The zero-order valence-electron chi connectivity index (χ0n) is 11.5. The third kappa shape index (κ3) is 2.09. The van der Waals surface area contributed by atoms with Gasteiger partial charge in [0.2, 0.25) is 0 Å². The lowest BCUT2D eigenvalue weighted by Gasteiger charge is -2.08. The summed E-state index contributed by atoms with van der Waals surface area (Å²) in [6, 6.07) is 13.7. The van der Waals surface area contributed by atoms with E-state index in [9.17, 15) is 0 Å². The first-order valence-corrected chi connectivity index (χ1v) is 6.80. The molecule has 20 heavy (non-hydrogen) atoms. The summed E-state index contributed by atoms with van der Waals surface area (Å²) >= 11 is 0. The van der Waals surface area contributed by atoms with Crippen molar-refractivity contribution in [1.29, 1.82) is 0 Å². The van der Waals surface area contributed by atoms with Crippen LogP contribution in [0.4, 0.5) is 11.4 Å². The van der Waals surface area contributed by atoms with E-state index < -0.39 is 0 Å². The fraction of sp³-hybridized carbons (Fsp3) is 0.188. The second-order valence-electron chi connectivity index (χ2n) is 4.96. The number of hydrogen-bond acceptors (Lipinski definition) is 3. The summed E-state index contributed by atoms with van der Waals surface area (Å²) in [6.07, 6.45) is 1.05. The SMILES string of the molecule is CCCn1c(-c2ccc(N)cc2)nc2cc(N)ccc21.